The number of carbonyl (C=O) groups excluding carboxylic acids is 2. The quantitative estimate of drug-likeness (QED) is 0.318. The average Bonchev–Trinajstić information content (AvgIpc) is 2.97. The standard InChI is InChI=1S/C32H33F2N7O3/c1-7-25(43)39-13-14-40(19(5)16-39)30-21-15-23(34)28(26-22(33)9-8-10-24(26)36-20(6)42)37-31(21)41(32(44)38-30)29-18(4)11-12-35-27(29)17(2)3/h7-12,15,17,19H,1,13-14,16H2,2-6H3,(H,36,42). The van der Waals surface area contributed by atoms with Gasteiger partial charge in [-0.05, 0) is 55.7 Å². The van der Waals surface area contributed by atoms with Crippen LogP contribution in [0.4, 0.5) is 20.3 Å². The number of amides is 2. The van der Waals surface area contributed by atoms with Crippen molar-refractivity contribution in [3.63, 3.8) is 0 Å². The number of nitrogens with one attached hydrogen (secondary N) is 1. The van der Waals surface area contributed by atoms with Crippen LogP contribution in [0.15, 0.2) is 54.0 Å². The van der Waals surface area contributed by atoms with Crippen molar-refractivity contribution in [2.45, 2.75) is 46.6 Å². The van der Waals surface area contributed by atoms with E-state index >= 15 is 8.78 Å². The Morgan fingerprint density at radius 3 is 2.55 bits per heavy atom. The van der Waals surface area contributed by atoms with Crippen LogP contribution >= 0.6 is 0 Å². The smallest absolute Gasteiger partial charge is 0.350 e. The normalized spacial score (nSPS) is 15.1. The lowest BCUT2D eigenvalue weighted by Crippen LogP contribution is -2.54. The van der Waals surface area contributed by atoms with Crippen molar-refractivity contribution in [2.75, 3.05) is 29.9 Å². The van der Waals surface area contributed by atoms with Crippen LogP contribution in [0.3, 0.4) is 0 Å². The van der Waals surface area contributed by atoms with Gasteiger partial charge in [0.15, 0.2) is 11.5 Å². The molecule has 44 heavy (non-hydrogen) atoms. The summed E-state index contributed by atoms with van der Waals surface area (Å²) >= 11 is 0. The molecule has 1 unspecified atom stereocenters. The van der Waals surface area contributed by atoms with Gasteiger partial charge in [0.25, 0.3) is 0 Å². The van der Waals surface area contributed by atoms with Gasteiger partial charge in [0.1, 0.15) is 17.3 Å². The molecule has 0 bridgehead atoms. The van der Waals surface area contributed by atoms with Gasteiger partial charge >= 0.3 is 5.69 Å². The number of anilines is 2. The van der Waals surface area contributed by atoms with Crippen molar-refractivity contribution in [1.29, 1.82) is 0 Å². The van der Waals surface area contributed by atoms with E-state index in [0.29, 0.717) is 36.6 Å². The highest BCUT2D eigenvalue weighted by atomic mass is 19.1. The number of fused-ring (bicyclic) bond motifs is 1. The fourth-order valence-corrected chi connectivity index (χ4v) is 5.65. The number of benzene rings is 1. The Bertz CT molecular complexity index is 1870. The summed E-state index contributed by atoms with van der Waals surface area (Å²) < 4.78 is 32.8. The van der Waals surface area contributed by atoms with E-state index in [1.807, 2.05) is 32.6 Å². The van der Waals surface area contributed by atoms with Crippen molar-refractivity contribution in [2.24, 2.45) is 0 Å². The topological polar surface area (TPSA) is 113 Å². The molecule has 0 spiro atoms. The summed E-state index contributed by atoms with van der Waals surface area (Å²) in [6.07, 6.45) is 2.89. The molecule has 0 radical (unpaired) electrons. The van der Waals surface area contributed by atoms with Crippen LogP contribution in [-0.4, -0.2) is 61.9 Å². The van der Waals surface area contributed by atoms with Gasteiger partial charge in [-0.1, -0.05) is 26.5 Å². The molecular weight excluding hydrogens is 568 g/mol. The zero-order valence-corrected chi connectivity index (χ0v) is 25.2. The molecule has 1 aliphatic heterocycles. The molecule has 2 amide bonds. The number of hydrogen-bond acceptors (Lipinski definition) is 7. The summed E-state index contributed by atoms with van der Waals surface area (Å²) in [5.74, 6) is -2.27. The zero-order valence-electron chi connectivity index (χ0n) is 25.2. The second-order valence-electron chi connectivity index (χ2n) is 11.1. The average molecular weight is 602 g/mol. The lowest BCUT2D eigenvalue weighted by atomic mass is 10.0. The maximum atomic E-state index is 16.1. The molecule has 1 N–H and O–H groups in total. The van der Waals surface area contributed by atoms with E-state index < -0.39 is 23.2 Å². The van der Waals surface area contributed by atoms with Crippen molar-refractivity contribution in [1.82, 2.24) is 24.4 Å². The van der Waals surface area contributed by atoms with Crippen LogP contribution in [-0.2, 0) is 9.59 Å². The number of carbonyl (C=O) groups is 2. The molecular formula is C32H33F2N7O3. The first-order valence-electron chi connectivity index (χ1n) is 14.3. The molecule has 5 rings (SSSR count). The summed E-state index contributed by atoms with van der Waals surface area (Å²) in [6.45, 7) is 13.4. The zero-order chi connectivity index (χ0) is 31.9. The number of pyridine rings is 2. The summed E-state index contributed by atoms with van der Waals surface area (Å²) in [5.41, 5.74) is 0.527. The van der Waals surface area contributed by atoms with E-state index in [4.69, 9.17) is 0 Å². The first kappa shape index (κ1) is 30.5. The van der Waals surface area contributed by atoms with E-state index in [9.17, 15) is 14.4 Å². The van der Waals surface area contributed by atoms with Crippen LogP contribution in [0.1, 0.15) is 44.9 Å². The second kappa shape index (κ2) is 11.9. The minimum absolute atomic E-state index is 0.0310. The monoisotopic (exact) mass is 601 g/mol. The number of aromatic nitrogens is 4. The Balaban J connectivity index is 1.84. The first-order valence-corrected chi connectivity index (χ1v) is 14.3. The maximum Gasteiger partial charge on any atom is 0.355 e. The molecule has 1 saturated heterocycles. The van der Waals surface area contributed by atoms with Crippen molar-refractivity contribution >= 4 is 34.4 Å². The van der Waals surface area contributed by atoms with E-state index in [-0.39, 0.29) is 51.7 Å². The maximum absolute atomic E-state index is 16.1. The van der Waals surface area contributed by atoms with Crippen LogP contribution < -0.4 is 15.9 Å². The molecule has 3 aromatic heterocycles. The number of hydrogen-bond donors (Lipinski definition) is 1. The summed E-state index contributed by atoms with van der Waals surface area (Å²) in [7, 11) is 0. The molecule has 1 atom stereocenters. The predicted molar refractivity (Wildman–Crippen MR) is 165 cm³/mol. The number of nitrogens with zero attached hydrogens (tertiary/aromatic N) is 6. The van der Waals surface area contributed by atoms with Gasteiger partial charge in [-0.2, -0.15) is 4.98 Å². The van der Waals surface area contributed by atoms with Gasteiger partial charge in [0, 0.05) is 38.8 Å². The van der Waals surface area contributed by atoms with E-state index in [1.54, 1.807) is 17.2 Å². The van der Waals surface area contributed by atoms with Gasteiger partial charge in [-0.25, -0.2) is 23.1 Å². The van der Waals surface area contributed by atoms with E-state index in [0.717, 1.165) is 6.07 Å². The van der Waals surface area contributed by atoms with Crippen molar-refractivity contribution in [3.8, 4) is 16.9 Å². The van der Waals surface area contributed by atoms with Gasteiger partial charge < -0.3 is 15.1 Å². The number of aryl methyl sites for hydroxylation is 1. The molecule has 0 aliphatic carbocycles. The molecule has 1 aliphatic rings. The number of rotatable bonds is 6. The summed E-state index contributed by atoms with van der Waals surface area (Å²) in [6, 6.07) is 6.64. The van der Waals surface area contributed by atoms with Crippen LogP contribution in [0, 0.1) is 18.6 Å². The largest absolute Gasteiger partial charge is 0.355 e. The molecule has 228 valence electrons. The third-order valence-corrected chi connectivity index (χ3v) is 7.67. The summed E-state index contributed by atoms with van der Waals surface area (Å²) in [4.78, 5) is 55.3. The fourth-order valence-electron chi connectivity index (χ4n) is 5.65. The molecule has 1 aromatic carbocycles. The Labute approximate surface area is 253 Å². The molecule has 4 aromatic rings. The Kier molecular flexibility index (Phi) is 8.27. The highest BCUT2D eigenvalue weighted by molar-refractivity contribution is 5.96. The summed E-state index contributed by atoms with van der Waals surface area (Å²) in [5, 5.41) is 2.76. The lowest BCUT2D eigenvalue weighted by Gasteiger charge is -2.40. The predicted octanol–water partition coefficient (Wildman–Crippen LogP) is 4.73. The van der Waals surface area contributed by atoms with Gasteiger partial charge in [0.2, 0.25) is 11.8 Å². The highest BCUT2D eigenvalue weighted by Gasteiger charge is 2.31. The van der Waals surface area contributed by atoms with E-state index in [2.05, 4.69) is 26.8 Å². The molecule has 0 saturated carbocycles. The van der Waals surface area contributed by atoms with Crippen LogP contribution in [0.2, 0.25) is 0 Å². The second-order valence-corrected chi connectivity index (χ2v) is 11.1. The van der Waals surface area contributed by atoms with Crippen molar-refractivity contribution < 1.29 is 18.4 Å². The highest BCUT2D eigenvalue weighted by Crippen LogP contribution is 2.36. The third-order valence-electron chi connectivity index (χ3n) is 7.67. The van der Waals surface area contributed by atoms with Gasteiger partial charge in [0.05, 0.1) is 28.0 Å². The molecule has 1 fully saturated rings. The first-order chi connectivity index (χ1) is 20.9. The van der Waals surface area contributed by atoms with Crippen LogP contribution in [0.5, 0.6) is 0 Å². The minimum Gasteiger partial charge on any atom is -0.350 e. The Morgan fingerprint density at radius 1 is 1.14 bits per heavy atom. The number of piperazine rings is 1. The third kappa shape index (κ3) is 5.43. The molecule has 10 nitrogen and oxygen atoms in total. The fraction of sp³-hybridized carbons (Fsp3) is 0.312. The SMILES string of the molecule is C=CC(=O)N1CCN(c2nc(=O)n(-c3c(C)ccnc3C(C)C)c3nc(-c4c(F)cccc4NC(C)=O)c(F)cc23)C(C)C1. The van der Waals surface area contributed by atoms with Crippen LogP contribution in [0.25, 0.3) is 28.0 Å². The molecule has 12 heteroatoms. The van der Waals surface area contributed by atoms with Crippen molar-refractivity contribution in [3.05, 3.63) is 82.6 Å². The minimum atomic E-state index is -0.873. The lowest BCUT2D eigenvalue weighted by molar-refractivity contribution is -0.126. The molecule has 4 heterocycles. The Morgan fingerprint density at radius 2 is 1.89 bits per heavy atom. The van der Waals surface area contributed by atoms with E-state index in [1.165, 1.54) is 35.8 Å². The van der Waals surface area contributed by atoms with Gasteiger partial charge in [-0.3, -0.25) is 14.6 Å². The van der Waals surface area contributed by atoms with Gasteiger partial charge in [-0.15, -0.1) is 0 Å². The Hall–Kier alpha value is -5.00. The number of halogens is 2.